The van der Waals surface area contributed by atoms with E-state index < -0.39 is 0 Å². The summed E-state index contributed by atoms with van der Waals surface area (Å²) in [4.78, 5) is 8.13. The first-order valence-electron chi connectivity index (χ1n) is 4.76. The molecule has 4 nitrogen and oxygen atoms in total. The van der Waals surface area contributed by atoms with Gasteiger partial charge >= 0.3 is 0 Å². The van der Waals surface area contributed by atoms with Crippen molar-refractivity contribution in [2.45, 2.75) is 19.0 Å². The molecule has 0 amide bonds. The van der Waals surface area contributed by atoms with E-state index in [2.05, 4.69) is 20.6 Å². The fourth-order valence-corrected chi connectivity index (χ4v) is 1.71. The molecule has 2 heterocycles. The molecule has 1 aromatic rings. The molecule has 0 aliphatic carbocycles. The van der Waals surface area contributed by atoms with Gasteiger partial charge in [0, 0.05) is 31.5 Å². The molecule has 0 spiro atoms. The topological polar surface area (TPSA) is 49.8 Å². The highest BCUT2D eigenvalue weighted by atomic mass is 35.5. The summed E-state index contributed by atoms with van der Waals surface area (Å²) in [5.41, 5.74) is 0.820. The molecule has 2 rings (SSSR count). The predicted molar refractivity (Wildman–Crippen MR) is 55.2 cm³/mol. The van der Waals surface area contributed by atoms with Crippen molar-refractivity contribution in [3.63, 3.8) is 0 Å². The third-order valence-corrected chi connectivity index (χ3v) is 2.66. The van der Waals surface area contributed by atoms with Crippen LogP contribution in [-0.2, 0) is 6.54 Å². The molecule has 0 aromatic carbocycles. The number of hydrogen-bond acceptors (Lipinski definition) is 4. The summed E-state index contributed by atoms with van der Waals surface area (Å²) in [6.45, 7) is 2.81. The Kier molecular flexibility index (Phi) is 3.29. The Morgan fingerprint density at radius 2 is 2.36 bits per heavy atom. The van der Waals surface area contributed by atoms with Crippen LogP contribution in [0.2, 0.25) is 5.15 Å². The maximum atomic E-state index is 5.88. The van der Waals surface area contributed by atoms with Crippen molar-refractivity contribution < 1.29 is 0 Å². The molecule has 5 heteroatoms. The third-order valence-electron chi connectivity index (χ3n) is 2.34. The molecule has 0 bridgehead atoms. The maximum absolute atomic E-state index is 5.88. The minimum absolute atomic E-state index is 0.492. The van der Waals surface area contributed by atoms with E-state index in [4.69, 9.17) is 11.6 Å². The van der Waals surface area contributed by atoms with Gasteiger partial charge in [-0.1, -0.05) is 11.6 Å². The van der Waals surface area contributed by atoms with Crippen LogP contribution in [0.15, 0.2) is 12.4 Å². The first-order chi connectivity index (χ1) is 6.86. The van der Waals surface area contributed by atoms with E-state index in [1.54, 1.807) is 12.4 Å². The van der Waals surface area contributed by atoms with Gasteiger partial charge in [0.1, 0.15) is 0 Å². The van der Waals surface area contributed by atoms with Gasteiger partial charge in [0.15, 0.2) is 5.15 Å². The fraction of sp³-hybridized carbons (Fsp3) is 0.556. The number of hydrogen-bond donors (Lipinski definition) is 2. The van der Waals surface area contributed by atoms with Gasteiger partial charge in [-0.15, -0.1) is 0 Å². The van der Waals surface area contributed by atoms with Crippen molar-refractivity contribution in [1.82, 2.24) is 20.6 Å². The summed E-state index contributed by atoms with van der Waals surface area (Å²) < 4.78 is 0. The molecule has 1 aliphatic heterocycles. The predicted octanol–water partition coefficient (Wildman–Crippen LogP) is 0.582. The molecule has 1 aromatic heterocycles. The Morgan fingerprint density at radius 3 is 3.07 bits per heavy atom. The smallest absolute Gasteiger partial charge is 0.151 e. The van der Waals surface area contributed by atoms with Crippen LogP contribution in [-0.4, -0.2) is 29.1 Å². The molecule has 14 heavy (non-hydrogen) atoms. The average Bonchev–Trinajstić information content (AvgIpc) is 2.69. The quantitative estimate of drug-likeness (QED) is 0.770. The molecule has 1 fully saturated rings. The Bertz CT molecular complexity index is 299. The standard InChI is InChI=1S/C9H13ClN4/c10-9-8(12-3-4-13-9)6-14-7-1-2-11-5-7/h3-4,7,11,14H,1-2,5-6H2/t7-/m0/s1. The van der Waals surface area contributed by atoms with Crippen molar-refractivity contribution in [3.05, 3.63) is 23.2 Å². The van der Waals surface area contributed by atoms with Gasteiger partial charge in [0.05, 0.1) is 5.69 Å². The number of nitrogens with one attached hydrogen (secondary N) is 2. The van der Waals surface area contributed by atoms with E-state index in [1.165, 1.54) is 0 Å². The molecule has 1 saturated heterocycles. The van der Waals surface area contributed by atoms with Crippen molar-refractivity contribution in [2.75, 3.05) is 13.1 Å². The highest BCUT2D eigenvalue weighted by molar-refractivity contribution is 6.29. The van der Waals surface area contributed by atoms with Crippen LogP contribution in [0.25, 0.3) is 0 Å². The molecule has 2 N–H and O–H groups in total. The second-order valence-corrected chi connectivity index (χ2v) is 3.72. The van der Waals surface area contributed by atoms with Crippen LogP contribution in [0.5, 0.6) is 0 Å². The van der Waals surface area contributed by atoms with Gasteiger partial charge < -0.3 is 10.6 Å². The van der Waals surface area contributed by atoms with Crippen LogP contribution in [0, 0.1) is 0 Å². The Morgan fingerprint density at radius 1 is 1.50 bits per heavy atom. The highest BCUT2D eigenvalue weighted by Gasteiger charge is 2.14. The van der Waals surface area contributed by atoms with E-state index in [0.717, 1.165) is 25.2 Å². The second kappa shape index (κ2) is 4.68. The maximum Gasteiger partial charge on any atom is 0.151 e. The number of halogens is 1. The SMILES string of the molecule is Clc1nccnc1CN[C@H]1CCNC1. The minimum atomic E-state index is 0.492. The monoisotopic (exact) mass is 212 g/mol. The normalized spacial score (nSPS) is 21.4. The van der Waals surface area contributed by atoms with Gasteiger partial charge in [-0.25, -0.2) is 4.98 Å². The second-order valence-electron chi connectivity index (χ2n) is 3.36. The fourth-order valence-electron chi connectivity index (χ4n) is 1.54. The van der Waals surface area contributed by atoms with E-state index in [-0.39, 0.29) is 0 Å². The summed E-state index contributed by atoms with van der Waals surface area (Å²) >= 11 is 5.88. The summed E-state index contributed by atoms with van der Waals surface area (Å²) in [5.74, 6) is 0. The Labute approximate surface area is 88.1 Å². The minimum Gasteiger partial charge on any atom is -0.315 e. The largest absolute Gasteiger partial charge is 0.315 e. The van der Waals surface area contributed by atoms with E-state index in [0.29, 0.717) is 17.7 Å². The molecule has 0 unspecified atom stereocenters. The van der Waals surface area contributed by atoms with E-state index in [9.17, 15) is 0 Å². The van der Waals surface area contributed by atoms with Crippen molar-refractivity contribution >= 4 is 11.6 Å². The first kappa shape index (κ1) is 9.83. The van der Waals surface area contributed by atoms with E-state index >= 15 is 0 Å². The van der Waals surface area contributed by atoms with Crippen molar-refractivity contribution in [3.8, 4) is 0 Å². The van der Waals surface area contributed by atoms with Crippen LogP contribution in [0.1, 0.15) is 12.1 Å². The Balaban J connectivity index is 1.88. The van der Waals surface area contributed by atoms with Crippen LogP contribution >= 0.6 is 11.6 Å². The summed E-state index contributed by atoms with van der Waals surface area (Å²) in [6.07, 6.45) is 4.43. The zero-order valence-electron chi connectivity index (χ0n) is 7.83. The first-order valence-corrected chi connectivity index (χ1v) is 5.13. The van der Waals surface area contributed by atoms with Gasteiger partial charge in [0.25, 0.3) is 0 Å². The van der Waals surface area contributed by atoms with Crippen LogP contribution in [0.4, 0.5) is 0 Å². The van der Waals surface area contributed by atoms with E-state index in [1.807, 2.05) is 0 Å². The van der Waals surface area contributed by atoms with Crippen molar-refractivity contribution in [2.24, 2.45) is 0 Å². The molecule has 1 atom stereocenters. The van der Waals surface area contributed by atoms with Crippen LogP contribution in [0.3, 0.4) is 0 Å². The molecular formula is C9H13ClN4. The zero-order valence-corrected chi connectivity index (χ0v) is 8.59. The lowest BCUT2D eigenvalue weighted by Crippen LogP contribution is -2.30. The summed E-state index contributed by atoms with van der Waals surface area (Å²) in [7, 11) is 0. The van der Waals surface area contributed by atoms with Gasteiger partial charge in [-0.05, 0) is 13.0 Å². The lowest BCUT2D eigenvalue weighted by atomic mass is 10.2. The van der Waals surface area contributed by atoms with Gasteiger partial charge in [-0.3, -0.25) is 4.98 Å². The number of rotatable bonds is 3. The van der Waals surface area contributed by atoms with Crippen LogP contribution < -0.4 is 10.6 Å². The van der Waals surface area contributed by atoms with Crippen molar-refractivity contribution in [1.29, 1.82) is 0 Å². The van der Waals surface area contributed by atoms with Gasteiger partial charge in [0.2, 0.25) is 0 Å². The molecule has 0 radical (unpaired) electrons. The molecule has 76 valence electrons. The summed E-state index contributed by atoms with van der Waals surface area (Å²) in [5, 5.41) is 7.17. The summed E-state index contributed by atoms with van der Waals surface area (Å²) in [6, 6.07) is 0.535. The Hall–Kier alpha value is -0.710. The average molecular weight is 213 g/mol. The molecule has 0 saturated carbocycles. The number of nitrogens with zero attached hydrogens (tertiary/aromatic N) is 2. The van der Waals surface area contributed by atoms with Gasteiger partial charge in [-0.2, -0.15) is 0 Å². The molecule has 1 aliphatic rings. The zero-order chi connectivity index (χ0) is 9.80. The highest BCUT2D eigenvalue weighted by Crippen LogP contribution is 2.08. The lowest BCUT2D eigenvalue weighted by molar-refractivity contribution is 0.541. The number of aromatic nitrogens is 2. The lowest BCUT2D eigenvalue weighted by Gasteiger charge is -2.10. The third kappa shape index (κ3) is 2.41. The molecular weight excluding hydrogens is 200 g/mol.